The van der Waals surface area contributed by atoms with Crippen LogP contribution >= 0.6 is 0 Å². The fourth-order valence-corrected chi connectivity index (χ4v) is 0.866. The zero-order valence-electron chi connectivity index (χ0n) is 4.96. The Labute approximate surface area is 54.4 Å². The van der Waals surface area contributed by atoms with E-state index in [0.717, 1.165) is 0 Å². The quantitative estimate of drug-likeness (QED) is 0.489. The highest BCUT2D eigenvalue weighted by molar-refractivity contribution is 6.11. The lowest BCUT2D eigenvalue weighted by Crippen LogP contribution is -2.17. The average Bonchev–Trinajstić information content (AvgIpc) is 2.13. The molecule has 9 heavy (non-hydrogen) atoms. The minimum atomic E-state index is -1.11. The molecule has 0 amide bonds. The second-order valence-electron chi connectivity index (χ2n) is 2.16. The molecule has 1 aliphatic heterocycles. The summed E-state index contributed by atoms with van der Waals surface area (Å²) in [7, 11) is 5.14. The molecule has 3 atom stereocenters. The van der Waals surface area contributed by atoms with Gasteiger partial charge in [-0.1, -0.05) is 0 Å². The lowest BCUT2D eigenvalue weighted by molar-refractivity contribution is 0.0380. The third-order valence-electron chi connectivity index (χ3n) is 1.40. The summed E-state index contributed by atoms with van der Waals surface area (Å²) in [5.41, 5.74) is 0. The summed E-state index contributed by atoms with van der Waals surface area (Å²) in [6, 6.07) is -0.831. The molecule has 0 aromatic carbocycles. The number of alkyl halides is 1. The first-order chi connectivity index (χ1) is 4.24. The third kappa shape index (κ3) is 1.43. The smallest absolute Gasteiger partial charge is 0.120 e. The van der Waals surface area contributed by atoms with Crippen LogP contribution in [0, 0.1) is 0 Å². The Hall–Kier alpha value is -0.0851. The van der Waals surface area contributed by atoms with Gasteiger partial charge < -0.3 is 9.84 Å². The standard InChI is InChI=1S/C5H8BFO2/c6-5-4(7)1-3(2-8)9-5/h3-5,8H,1-2H2/t3-,4-,5+/m0/s1. The Bertz CT molecular complexity index is 91.0. The maximum atomic E-state index is 12.4. The zero-order chi connectivity index (χ0) is 6.85. The molecule has 50 valence electrons. The summed E-state index contributed by atoms with van der Waals surface area (Å²) in [6.45, 7) is -0.145. The second kappa shape index (κ2) is 2.67. The largest absolute Gasteiger partial charge is 0.394 e. The van der Waals surface area contributed by atoms with Gasteiger partial charge in [0.1, 0.15) is 14.0 Å². The number of ether oxygens (including phenoxy) is 1. The Morgan fingerprint density at radius 2 is 2.44 bits per heavy atom. The fourth-order valence-electron chi connectivity index (χ4n) is 0.866. The molecular weight excluding hydrogens is 122 g/mol. The molecule has 0 spiro atoms. The summed E-state index contributed by atoms with van der Waals surface area (Å²) in [4.78, 5) is 0. The van der Waals surface area contributed by atoms with Gasteiger partial charge in [0.15, 0.2) is 0 Å². The van der Waals surface area contributed by atoms with Crippen molar-refractivity contribution in [1.29, 1.82) is 0 Å². The van der Waals surface area contributed by atoms with E-state index in [1.807, 2.05) is 0 Å². The normalized spacial score (nSPS) is 43.6. The number of hydrogen-bond acceptors (Lipinski definition) is 2. The summed E-state index contributed by atoms with van der Waals surface area (Å²) < 4.78 is 17.2. The Morgan fingerprint density at radius 1 is 1.78 bits per heavy atom. The minimum Gasteiger partial charge on any atom is -0.394 e. The molecule has 0 unspecified atom stereocenters. The predicted octanol–water partition coefficient (Wildman–Crippen LogP) is -0.400. The Balaban J connectivity index is 2.35. The van der Waals surface area contributed by atoms with Gasteiger partial charge in [0.2, 0.25) is 0 Å². The molecule has 0 aromatic rings. The maximum absolute atomic E-state index is 12.4. The van der Waals surface area contributed by atoms with E-state index in [1.54, 1.807) is 0 Å². The van der Waals surface area contributed by atoms with Gasteiger partial charge >= 0.3 is 0 Å². The van der Waals surface area contributed by atoms with Gasteiger partial charge in [0, 0.05) is 12.4 Å². The fraction of sp³-hybridized carbons (Fsp3) is 1.00. The first-order valence-corrected chi connectivity index (χ1v) is 2.90. The number of aliphatic hydroxyl groups is 1. The average molecular weight is 130 g/mol. The molecule has 4 heteroatoms. The molecule has 1 heterocycles. The molecule has 2 radical (unpaired) electrons. The molecule has 0 aromatic heterocycles. The van der Waals surface area contributed by atoms with Gasteiger partial charge in [-0.25, -0.2) is 4.39 Å². The molecule has 1 rings (SSSR count). The maximum Gasteiger partial charge on any atom is 0.120 e. The zero-order valence-corrected chi connectivity index (χ0v) is 4.96. The lowest BCUT2D eigenvalue weighted by atomic mass is 9.96. The van der Waals surface area contributed by atoms with Crippen LogP contribution < -0.4 is 0 Å². The van der Waals surface area contributed by atoms with Gasteiger partial charge in [0.05, 0.1) is 12.7 Å². The van der Waals surface area contributed by atoms with Crippen LogP contribution in [0.2, 0.25) is 0 Å². The van der Waals surface area contributed by atoms with Gasteiger partial charge in [0.25, 0.3) is 0 Å². The van der Waals surface area contributed by atoms with E-state index in [1.165, 1.54) is 0 Å². The number of rotatable bonds is 1. The van der Waals surface area contributed by atoms with Gasteiger partial charge in [-0.15, -0.1) is 0 Å². The van der Waals surface area contributed by atoms with E-state index in [-0.39, 0.29) is 13.0 Å². The highest BCUT2D eigenvalue weighted by Gasteiger charge is 2.30. The van der Waals surface area contributed by atoms with Gasteiger partial charge in [-0.3, -0.25) is 0 Å². The molecule has 1 fully saturated rings. The summed E-state index contributed by atoms with van der Waals surface area (Å²) in [5, 5.41) is 8.45. The first-order valence-electron chi connectivity index (χ1n) is 2.90. The SMILES string of the molecule is [B][C@@H]1O[C@H](CO)C[C@@H]1F. The molecular formula is C5H8BFO2. The monoisotopic (exact) mass is 130 g/mol. The lowest BCUT2D eigenvalue weighted by Gasteiger charge is -2.05. The Kier molecular flexibility index (Phi) is 2.08. The summed E-state index contributed by atoms with van der Waals surface area (Å²) in [5.74, 6) is 0. The van der Waals surface area contributed by atoms with Crippen LogP contribution in [-0.2, 0) is 4.74 Å². The van der Waals surface area contributed by atoms with E-state index in [2.05, 4.69) is 0 Å². The van der Waals surface area contributed by atoms with Crippen LogP contribution in [0.1, 0.15) is 6.42 Å². The molecule has 1 N–H and O–H groups in total. The number of hydrogen-bond donors (Lipinski definition) is 1. The topological polar surface area (TPSA) is 29.5 Å². The third-order valence-corrected chi connectivity index (χ3v) is 1.40. The van der Waals surface area contributed by atoms with E-state index in [0.29, 0.717) is 0 Å². The van der Waals surface area contributed by atoms with Crippen LogP contribution in [0.5, 0.6) is 0 Å². The summed E-state index contributed by atoms with van der Waals surface area (Å²) in [6.07, 6.45) is -1.28. The summed E-state index contributed by atoms with van der Waals surface area (Å²) >= 11 is 0. The van der Waals surface area contributed by atoms with E-state index >= 15 is 0 Å². The molecule has 0 bridgehead atoms. The van der Waals surface area contributed by atoms with E-state index < -0.39 is 18.3 Å². The van der Waals surface area contributed by atoms with Crippen molar-refractivity contribution in [3.8, 4) is 0 Å². The van der Waals surface area contributed by atoms with Gasteiger partial charge in [-0.05, 0) is 0 Å². The van der Waals surface area contributed by atoms with Crippen LogP contribution in [-0.4, -0.2) is 37.8 Å². The molecule has 1 aliphatic rings. The van der Waals surface area contributed by atoms with Gasteiger partial charge in [-0.2, -0.15) is 0 Å². The Morgan fingerprint density at radius 3 is 2.67 bits per heavy atom. The van der Waals surface area contributed by atoms with Crippen molar-refractivity contribution in [2.24, 2.45) is 0 Å². The van der Waals surface area contributed by atoms with Crippen molar-refractivity contribution < 1.29 is 14.2 Å². The van der Waals surface area contributed by atoms with Crippen LogP contribution in [0.4, 0.5) is 4.39 Å². The molecule has 0 saturated carbocycles. The van der Waals surface area contributed by atoms with Crippen molar-refractivity contribution in [2.75, 3.05) is 6.61 Å². The van der Waals surface area contributed by atoms with E-state index in [9.17, 15) is 4.39 Å². The predicted molar refractivity (Wildman–Crippen MR) is 31.0 cm³/mol. The molecule has 1 saturated heterocycles. The van der Waals surface area contributed by atoms with Crippen LogP contribution in [0.3, 0.4) is 0 Å². The van der Waals surface area contributed by atoms with Crippen molar-refractivity contribution >= 4 is 7.85 Å². The number of halogens is 1. The van der Waals surface area contributed by atoms with Crippen LogP contribution in [0.15, 0.2) is 0 Å². The highest BCUT2D eigenvalue weighted by atomic mass is 19.1. The van der Waals surface area contributed by atoms with Crippen molar-refractivity contribution in [3.05, 3.63) is 0 Å². The highest BCUT2D eigenvalue weighted by Crippen LogP contribution is 2.20. The molecule has 2 nitrogen and oxygen atoms in total. The second-order valence-corrected chi connectivity index (χ2v) is 2.16. The van der Waals surface area contributed by atoms with Crippen molar-refractivity contribution in [1.82, 2.24) is 0 Å². The molecule has 0 aliphatic carbocycles. The van der Waals surface area contributed by atoms with Crippen LogP contribution in [0.25, 0.3) is 0 Å². The first kappa shape index (κ1) is 7.03. The number of aliphatic hydroxyl groups excluding tert-OH is 1. The minimum absolute atomic E-state index is 0.145. The van der Waals surface area contributed by atoms with Crippen molar-refractivity contribution in [2.45, 2.75) is 24.7 Å². The van der Waals surface area contributed by atoms with Crippen molar-refractivity contribution in [3.63, 3.8) is 0 Å². The van der Waals surface area contributed by atoms with E-state index in [4.69, 9.17) is 17.7 Å².